The van der Waals surface area contributed by atoms with Gasteiger partial charge in [0.2, 0.25) is 11.5 Å². The zero-order chi connectivity index (χ0) is 13.8. The molecule has 0 unspecified atom stereocenters. The number of hydrogen-bond acceptors (Lipinski definition) is 3. The van der Waals surface area contributed by atoms with Gasteiger partial charge in [0.15, 0.2) is 0 Å². The van der Waals surface area contributed by atoms with Gasteiger partial charge in [-0.05, 0) is 17.7 Å². The molecule has 5 heteroatoms. The van der Waals surface area contributed by atoms with Crippen molar-refractivity contribution in [2.75, 3.05) is 11.1 Å². The zero-order valence-corrected chi connectivity index (χ0v) is 10.6. The van der Waals surface area contributed by atoms with Crippen LogP contribution in [0.4, 0.5) is 11.4 Å². The normalized spacial score (nSPS) is 10.2. The first-order valence-corrected chi connectivity index (χ1v) is 5.86. The van der Waals surface area contributed by atoms with E-state index in [9.17, 15) is 9.59 Å². The van der Waals surface area contributed by atoms with E-state index in [0.29, 0.717) is 11.4 Å². The number of nitrogen functional groups attached to an aromatic ring is 1. The van der Waals surface area contributed by atoms with Crippen LogP contribution >= 0.6 is 0 Å². The van der Waals surface area contributed by atoms with Crippen molar-refractivity contribution in [2.45, 2.75) is 6.42 Å². The highest BCUT2D eigenvalue weighted by Crippen LogP contribution is 2.12. The fourth-order valence-corrected chi connectivity index (χ4v) is 1.74. The van der Waals surface area contributed by atoms with Gasteiger partial charge in [0, 0.05) is 25.0 Å². The average Bonchev–Trinajstić information content (AvgIpc) is 2.37. The van der Waals surface area contributed by atoms with E-state index in [1.807, 2.05) is 18.2 Å². The standard InChI is InChI=1S/C14H15N3O2/c1-17-9-11(6-7-14(17)19)16-13(18)8-10-4-2-3-5-12(10)15/h2-7,9H,8,15H2,1H3,(H,16,18). The van der Waals surface area contributed by atoms with Gasteiger partial charge in [0.05, 0.1) is 12.1 Å². The molecular weight excluding hydrogens is 242 g/mol. The van der Waals surface area contributed by atoms with Crippen molar-refractivity contribution in [3.63, 3.8) is 0 Å². The fourth-order valence-electron chi connectivity index (χ4n) is 1.74. The number of benzene rings is 1. The predicted octanol–water partition coefficient (Wildman–Crippen LogP) is 1.15. The number of aryl methyl sites for hydroxylation is 1. The molecule has 0 saturated heterocycles. The molecule has 3 N–H and O–H groups in total. The smallest absolute Gasteiger partial charge is 0.250 e. The molecule has 98 valence electrons. The van der Waals surface area contributed by atoms with Gasteiger partial charge in [-0.1, -0.05) is 18.2 Å². The first-order valence-electron chi connectivity index (χ1n) is 5.86. The largest absolute Gasteiger partial charge is 0.398 e. The monoisotopic (exact) mass is 257 g/mol. The van der Waals surface area contributed by atoms with Crippen molar-refractivity contribution < 1.29 is 4.79 Å². The predicted molar refractivity (Wildman–Crippen MR) is 74.9 cm³/mol. The second-order valence-electron chi connectivity index (χ2n) is 4.29. The molecule has 1 aromatic carbocycles. The molecule has 0 saturated carbocycles. The Kier molecular flexibility index (Phi) is 3.66. The third-order valence-electron chi connectivity index (χ3n) is 2.78. The maximum atomic E-state index is 11.9. The first-order chi connectivity index (χ1) is 9.06. The third-order valence-corrected chi connectivity index (χ3v) is 2.78. The summed E-state index contributed by atoms with van der Waals surface area (Å²) in [5.74, 6) is -0.170. The number of amides is 1. The highest BCUT2D eigenvalue weighted by molar-refractivity contribution is 5.92. The summed E-state index contributed by atoms with van der Waals surface area (Å²) in [5.41, 5.74) is 7.62. The van der Waals surface area contributed by atoms with Gasteiger partial charge in [-0.2, -0.15) is 0 Å². The summed E-state index contributed by atoms with van der Waals surface area (Å²) in [6.07, 6.45) is 1.78. The number of carbonyl (C=O) groups excluding carboxylic acids is 1. The highest BCUT2D eigenvalue weighted by atomic mass is 16.1. The molecule has 19 heavy (non-hydrogen) atoms. The number of hydrogen-bond donors (Lipinski definition) is 2. The molecule has 0 aliphatic rings. The minimum Gasteiger partial charge on any atom is -0.398 e. The lowest BCUT2D eigenvalue weighted by Gasteiger charge is -2.08. The van der Waals surface area contributed by atoms with E-state index in [-0.39, 0.29) is 17.9 Å². The van der Waals surface area contributed by atoms with Crippen molar-refractivity contribution in [3.05, 3.63) is 58.5 Å². The second-order valence-corrected chi connectivity index (χ2v) is 4.29. The summed E-state index contributed by atoms with van der Waals surface area (Å²) in [7, 11) is 1.63. The molecular formula is C14H15N3O2. The summed E-state index contributed by atoms with van der Waals surface area (Å²) in [4.78, 5) is 23.1. The molecule has 0 spiro atoms. The Morgan fingerprint density at radius 1 is 1.26 bits per heavy atom. The summed E-state index contributed by atoms with van der Waals surface area (Å²) >= 11 is 0. The SMILES string of the molecule is Cn1cc(NC(=O)Cc2ccccc2N)ccc1=O. The molecule has 1 aromatic heterocycles. The molecule has 5 nitrogen and oxygen atoms in total. The molecule has 1 heterocycles. The molecule has 0 radical (unpaired) electrons. The van der Waals surface area contributed by atoms with Crippen LogP contribution in [0.15, 0.2) is 47.4 Å². The number of nitrogens with one attached hydrogen (secondary N) is 1. The molecule has 0 aliphatic heterocycles. The van der Waals surface area contributed by atoms with Crippen LogP contribution in [0.5, 0.6) is 0 Å². The average molecular weight is 257 g/mol. The van der Waals surface area contributed by atoms with Crippen LogP contribution in [0.3, 0.4) is 0 Å². The topological polar surface area (TPSA) is 77.1 Å². The third kappa shape index (κ3) is 3.22. The molecule has 0 bridgehead atoms. The van der Waals surface area contributed by atoms with Crippen LogP contribution in [0, 0.1) is 0 Å². The Morgan fingerprint density at radius 3 is 2.68 bits per heavy atom. The van der Waals surface area contributed by atoms with E-state index < -0.39 is 0 Å². The van der Waals surface area contributed by atoms with E-state index in [0.717, 1.165) is 5.56 Å². The van der Waals surface area contributed by atoms with Gasteiger partial charge in [0.25, 0.3) is 0 Å². The second kappa shape index (κ2) is 5.39. The molecule has 0 atom stereocenters. The molecule has 1 amide bonds. The number of nitrogens with two attached hydrogens (primary N) is 1. The number of para-hydroxylation sites is 1. The van der Waals surface area contributed by atoms with Crippen molar-refractivity contribution in [1.82, 2.24) is 4.57 Å². The van der Waals surface area contributed by atoms with Crippen molar-refractivity contribution in [1.29, 1.82) is 0 Å². The van der Waals surface area contributed by atoms with E-state index in [1.54, 1.807) is 25.4 Å². The Hall–Kier alpha value is -2.56. The molecule has 0 fully saturated rings. The maximum Gasteiger partial charge on any atom is 0.250 e. The van der Waals surface area contributed by atoms with Crippen LogP contribution in [0.25, 0.3) is 0 Å². The van der Waals surface area contributed by atoms with Gasteiger partial charge in [-0.25, -0.2) is 0 Å². The van der Waals surface area contributed by atoms with Gasteiger partial charge in [-0.3, -0.25) is 9.59 Å². The van der Waals surface area contributed by atoms with Crippen LogP contribution < -0.4 is 16.6 Å². The Bertz CT molecular complexity index is 662. The molecule has 2 aromatic rings. The Morgan fingerprint density at radius 2 is 2.00 bits per heavy atom. The fraction of sp³-hybridized carbons (Fsp3) is 0.143. The first kappa shape index (κ1) is 12.9. The minimum atomic E-state index is -0.170. The number of nitrogens with zero attached hydrogens (tertiary/aromatic N) is 1. The number of rotatable bonds is 3. The minimum absolute atomic E-state index is 0.120. The number of aromatic nitrogens is 1. The number of carbonyl (C=O) groups is 1. The summed E-state index contributed by atoms with van der Waals surface area (Å²) in [6.45, 7) is 0. The lowest BCUT2D eigenvalue weighted by atomic mass is 10.1. The van der Waals surface area contributed by atoms with Gasteiger partial charge in [-0.15, -0.1) is 0 Å². The van der Waals surface area contributed by atoms with Crippen molar-refractivity contribution >= 4 is 17.3 Å². The Balaban J connectivity index is 2.07. The van der Waals surface area contributed by atoms with Crippen molar-refractivity contribution in [2.24, 2.45) is 7.05 Å². The van der Waals surface area contributed by atoms with Crippen LogP contribution in [0.1, 0.15) is 5.56 Å². The van der Waals surface area contributed by atoms with Crippen LogP contribution in [0.2, 0.25) is 0 Å². The highest BCUT2D eigenvalue weighted by Gasteiger charge is 2.06. The van der Waals surface area contributed by atoms with Gasteiger partial charge in [0.1, 0.15) is 0 Å². The molecule has 0 aliphatic carbocycles. The van der Waals surface area contributed by atoms with E-state index >= 15 is 0 Å². The lowest BCUT2D eigenvalue weighted by Crippen LogP contribution is -2.19. The van der Waals surface area contributed by atoms with Gasteiger partial charge < -0.3 is 15.6 Å². The van der Waals surface area contributed by atoms with Crippen LogP contribution in [-0.2, 0) is 18.3 Å². The molecule has 2 rings (SSSR count). The number of pyridine rings is 1. The van der Waals surface area contributed by atoms with E-state index in [4.69, 9.17) is 5.73 Å². The number of anilines is 2. The van der Waals surface area contributed by atoms with Crippen molar-refractivity contribution in [3.8, 4) is 0 Å². The van der Waals surface area contributed by atoms with E-state index in [1.165, 1.54) is 10.6 Å². The summed E-state index contributed by atoms with van der Waals surface area (Å²) in [5, 5.41) is 2.73. The summed E-state index contributed by atoms with van der Waals surface area (Å²) < 4.78 is 1.41. The quantitative estimate of drug-likeness (QED) is 0.810. The lowest BCUT2D eigenvalue weighted by molar-refractivity contribution is -0.115. The Labute approximate surface area is 110 Å². The van der Waals surface area contributed by atoms with Gasteiger partial charge >= 0.3 is 0 Å². The van der Waals surface area contributed by atoms with Crippen LogP contribution in [-0.4, -0.2) is 10.5 Å². The maximum absolute atomic E-state index is 11.9. The zero-order valence-electron chi connectivity index (χ0n) is 10.6. The van der Waals surface area contributed by atoms with E-state index in [2.05, 4.69) is 5.32 Å². The summed E-state index contributed by atoms with van der Waals surface area (Å²) in [6, 6.07) is 10.2.